The van der Waals surface area contributed by atoms with E-state index in [1.54, 1.807) is 13.8 Å². The van der Waals surface area contributed by atoms with E-state index in [4.69, 9.17) is 99.7 Å². The summed E-state index contributed by atoms with van der Waals surface area (Å²) in [6.07, 6.45) is 13.9. The first-order chi connectivity index (χ1) is 18.4. The summed E-state index contributed by atoms with van der Waals surface area (Å²) < 4.78 is 0. The van der Waals surface area contributed by atoms with Gasteiger partial charge in [-0.05, 0) is 113 Å². The maximum Gasteiger partial charge on any atom is 0.341 e. The van der Waals surface area contributed by atoms with E-state index < -0.39 is 18.7 Å². The van der Waals surface area contributed by atoms with Gasteiger partial charge in [0.2, 0.25) is 0 Å². The van der Waals surface area contributed by atoms with Gasteiger partial charge in [-0.15, -0.1) is 113 Å². The molecule has 0 aliphatic heterocycles. The molecule has 0 aromatic carbocycles. The van der Waals surface area contributed by atoms with E-state index in [2.05, 4.69) is 13.2 Å². The fourth-order valence-electron chi connectivity index (χ4n) is 5.79. The zero-order chi connectivity index (χ0) is 31.1. The molecule has 0 amide bonds. The lowest BCUT2D eigenvalue weighted by Crippen LogP contribution is -2.15. The first-order valence-electron chi connectivity index (χ1n) is 13.7. The van der Waals surface area contributed by atoms with Gasteiger partial charge in [-0.2, -0.15) is 0 Å². The van der Waals surface area contributed by atoms with Crippen LogP contribution < -0.4 is 0 Å². The fraction of sp³-hybridized carbons (Fsp3) is 0.769. The minimum atomic E-state index is -2.58. The Morgan fingerprint density at radius 3 is 1.52 bits per heavy atom. The number of carbonyl (C=O) groups is 2. The average molecular weight is 791 g/mol. The first-order valence-corrected chi connectivity index (χ1v) is 29.4. The van der Waals surface area contributed by atoms with Crippen molar-refractivity contribution >= 4 is 130 Å². The molecule has 0 heterocycles. The normalized spacial score (nSPS) is 26.4. The van der Waals surface area contributed by atoms with Crippen molar-refractivity contribution < 1.29 is 9.59 Å². The predicted molar refractivity (Wildman–Crippen MR) is 190 cm³/mol. The Kier molecular flexibility index (Phi) is 22.9. The minimum Gasteiger partial charge on any atom is -0.300 e. The van der Waals surface area contributed by atoms with Crippen molar-refractivity contribution in [2.45, 2.75) is 90.1 Å². The third-order valence-electron chi connectivity index (χ3n) is 7.73. The molecular formula is C26H43Cl9O2Si3. The maximum atomic E-state index is 11.3. The topological polar surface area (TPSA) is 34.1 Å². The molecule has 2 rings (SSSR count). The summed E-state index contributed by atoms with van der Waals surface area (Å²) >= 11 is 50.8. The van der Waals surface area contributed by atoms with Crippen LogP contribution in [0.4, 0.5) is 0 Å². The summed E-state index contributed by atoms with van der Waals surface area (Å²) in [6.45, 7) is 9.30. The van der Waals surface area contributed by atoms with Gasteiger partial charge >= 0.3 is 18.7 Å². The second kappa shape index (κ2) is 21.8. The molecule has 2 fully saturated rings. The van der Waals surface area contributed by atoms with Crippen molar-refractivity contribution in [2.24, 2.45) is 35.5 Å². The van der Waals surface area contributed by atoms with Gasteiger partial charge in [0.15, 0.2) is 0 Å². The molecule has 0 saturated heterocycles. The van der Waals surface area contributed by atoms with Gasteiger partial charge in [-0.3, -0.25) is 0 Å². The summed E-state index contributed by atoms with van der Waals surface area (Å²) in [5.74, 6) is 4.06. The number of ketones is 2. The smallest absolute Gasteiger partial charge is 0.300 e. The van der Waals surface area contributed by atoms with E-state index in [1.165, 1.54) is 12.8 Å². The van der Waals surface area contributed by atoms with Gasteiger partial charge in [0, 0.05) is 12.8 Å². The second-order valence-electron chi connectivity index (χ2n) is 11.0. The zero-order valence-corrected chi connectivity index (χ0v) is 33.3. The highest BCUT2D eigenvalue weighted by atomic mass is 35.9. The Morgan fingerprint density at radius 1 is 0.700 bits per heavy atom. The first kappa shape index (κ1) is 42.1. The zero-order valence-electron chi connectivity index (χ0n) is 23.3. The van der Waals surface area contributed by atoms with Gasteiger partial charge in [0.25, 0.3) is 0 Å². The monoisotopic (exact) mass is 786 g/mol. The Morgan fingerprint density at radius 2 is 1.12 bits per heavy atom. The fourth-order valence-corrected chi connectivity index (χ4v) is 9.19. The molecule has 0 aromatic rings. The van der Waals surface area contributed by atoms with Crippen LogP contribution in [0.15, 0.2) is 25.3 Å². The molecule has 0 N–H and O–H groups in total. The second-order valence-corrected chi connectivity index (χ2v) is 36.0. The molecule has 40 heavy (non-hydrogen) atoms. The van der Waals surface area contributed by atoms with Crippen molar-refractivity contribution in [3.8, 4) is 0 Å². The van der Waals surface area contributed by atoms with Gasteiger partial charge < -0.3 is 9.59 Å². The lowest BCUT2D eigenvalue weighted by molar-refractivity contribution is -0.118. The van der Waals surface area contributed by atoms with Crippen LogP contribution in [0.2, 0.25) is 12.1 Å². The van der Waals surface area contributed by atoms with E-state index in [0.29, 0.717) is 59.8 Å². The Labute approximate surface area is 288 Å². The minimum absolute atomic E-state index is 0.242. The molecule has 6 unspecified atom stereocenters. The van der Waals surface area contributed by atoms with Crippen LogP contribution in [0.5, 0.6) is 0 Å². The summed E-state index contributed by atoms with van der Waals surface area (Å²) in [4.78, 5) is 22.2. The van der Waals surface area contributed by atoms with E-state index >= 15 is 0 Å². The van der Waals surface area contributed by atoms with Crippen LogP contribution >= 0.6 is 99.7 Å². The highest BCUT2D eigenvalue weighted by molar-refractivity contribution is 7.65. The lowest BCUT2D eigenvalue weighted by Gasteiger charge is -2.20. The summed E-state index contributed by atoms with van der Waals surface area (Å²) in [5.41, 5.74) is 0. The predicted octanol–water partition coefficient (Wildman–Crippen LogP) is 11.9. The Balaban J connectivity index is 0.000000719. The van der Waals surface area contributed by atoms with Crippen molar-refractivity contribution in [1.29, 1.82) is 0 Å². The van der Waals surface area contributed by atoms with Gasteiger partial charge in [-0.25, -0.2) is 0 Å². The highest BCUT2D eigenvalue weighted by Gasteiger charge is 2.37. The van der Waals surface area contributed by atoms with Crippen LogP contribution in [-0.2, 0) is 9.59 Å². The Bertz CT molecular complexity index is 773. The van der Waals surface area contributed by atoms with Crippen molar-refractivity contribution in [2.75, 3.05) is 0 Å². The van der Waals surface area contributed by atoms with E-state index in [9.17, 15) is 9.59 Å². The van der Waals surface area contributed by atoms with Crippen LogP contribution in [0.1, 0.15) is 78.1 Å². The van der Waals surface area contributed by atoms with Crippen LogP contribution in [-0.4, -0.2) is 30.3 Å². The van der Waals surface area contributed by atoms with Gasteiger partial charge in [0.05, 0.1) is 0 Å². The number of hydrogen-bond acceptors (Lipinski definition) is 2. The highest BCUT2D eigenvalue weighted by Crippen LogP contribution is 2.46. The van der Waals surface area contributed by atoms with E-state index in [0.717, 1.165) is 44.9 Å². The van der Waals surface area contributed by atoms with Crippen molar-refractivity contribution in [3.63, 3.8) is 0 Å². The molecule has 2 saturated carbocycles. The average Bonchev–Trinajstić information content (AvgIpc) is 3.41. The number of halogens is 9. The van der Waals surface area contributed by atoms with Crippen LogP contribution in [0.25, 0.3) is 0 Å². The molecule has 0 spiro atoms. The molecule has 0 aromatic heterocycles. The SMILES string of the molecule is C=CC1CC(C=C)C(CCC(C)=O)C1.CC(=O)CCC1CC(CC[Si](Cl)(Cl)Cl)CC1CC[Si](Cl)(Cl)Cl.Cl[SiH](Cl)Cl. The number of hydrogen-bond donors (Lipinski definition) is 0. The molecule has 2 aliphatic rings. The van der Waals surface area contributed by atoms with Crippen LogP contribution in [0, 0.1) is 35.5 Å². The largest absolute Gasteiger partial charge is 0.341 e. The number of allylic oxidation sites excluding steroid dienone is 2. The van der Waals surface area contributed by atoms with Gasteiger partial charge in [-0.1, -0.05) is 12.2 Å². The number of rotatable bonds is 14. The molecule has 234 valence electrons. The van der Waals surface area contributed by atoms with E-state index in [-0.39, 0.29) is 5.78 Å². The molecule has 0 bridgehead atoms. The quantitative estimate of drug-likeness (QED) is 0.0998. The third-order valence-corrected chi connectivity index (χ3v) is 12.8. The number of Topliss-reactive ketones (excluding diaryl/α,β-unsaturated/α-hetero) is 2. The molecule has 2 nitrogen and oxygen atoms in total. The Hall–Kier alpha value is 2.08. The molecule has 2 aliphatic carbocycles. The van der Waals surface area contributed by atoms with Crippen LogP contribution in [0.3, 0.4) is 0 Å². The molecular weight excluding hydrogens is 748 g/mol. The third kappa shape index (κ3) is 22.6. The summed E-state index contributed by atoms with van der Waals surface area (Å²) in [6, 6.07) is -3.74. The standard InChI is InChI=1S/C13H22Cl6OSi2.C13H20O.Cl3HSi/c1-10(20)2-3-12-8-11(4-6-21(14,15)16)9-13(12)5-7-22(17,18)19;1-4-11-8-12(5-2)13(9-11)7-6-10(3)14;1-4(2)3/h11-13H,2-9H2,1H3;4-5,11-13H,1-2,6-9H2,3H3;4H. The van der Waals surface area contributed by atoms with Gasteiger partial charge in [0.1, 0.15) is 11.6 Å². The molecule has 0 radical (unpaired) electrons. The lowest BCUT2D eigenvalue weighted by atomic mass is 9.89. The number of carbonyl (C=O) groups excluding carboxylic acids is 2. The molecule has 6 atom stereocenters. The van der Waals surface area contributed by atoms with Crippen molar-refractivity contribution in [3.05, 3.63) is 25.3 Å². The summed E-state index contributed by atoms with van der Waals surface area (Å²) in [7, 11) is 0. The summed E-state index contributed by atoms with van der Waals surface area (Å²) in [5, 5.41) is 0. The van der Waals surface area contributed by atoms with E-state index in [1.807, 2.05) is 12.2 Å². The van der Waals surface area contributed by atoms with Crippen molar-refractivity contribution in [1.82, 2.24) is 0 Å². The molecule has 14 heteroatoms. The maximum absolute atomic E-state index is 11.3.